The molecule has 2 rings (SSSR count). The van der Waals surface area contributed by atoms with Crippen molar-refractivity contribution in [3.05, 3.63) is 71.0 Å². The Morgan fingerprint density at radius 2 is 1.55 bits per heavy atom. The van der Waals surface area contributed by atoms with Crippen LogP contribution in [0.3, 0.4) is 0 Å². The maximum atomic E-state index is 13.1. The quantitative estimate of drug-likeness (QED) is 0.659. The van der Waals surface area contributed by atoms with Crippen molar-refractivity contribution in [2.24, 2.45) is 5.84 Å². The standard InChI is InChI=1S/C17H21FN2/c1-12-4-6-13(7-5-12)16(20-19)17(2,3)14-8-10-15(18)11-9-14/h4-11,16,20H,19H2,1-3H3. The van der Waals surface area contributed by atoms with Crippen molar-refractivity contribution in [2.75, 3.05) is 0 Å². The molecule has 3 heteroatoms. The van der Waals surface area contributed by atoms with E-state index in [-0.39, 0.29) is 17.3 Å². The van der Waals surface area contributed by atoms with E-state index >= 15 is 0 Å². The number of hydrogen-bond donors (Lipinski definition) is 2. The molecule has 2 aromatic carbocycles. The number of halogens is 1. The Labute approximate surface area is 119 Å². The van der Waals surface area contributed by atoms with Crippen molar-refractivity contribution in [3.8, 4) is 0 Å². The molecule has 0 fully saturated rings. The van der Waals surface area contributed by atoms with Gasteiger partial charge >= 0.3 is 0 Å². The minimum absolute atomic E-state index is 0.0476. The smallest absolute Gasteiger partial charge is 0.123 e. The summed E-state index contributed by atoms with van der Waals surface area (Å²) < 4.78 is 13.1. The minimum atomic E-state index is -0.252. The summed E-state index contributed by atoms with van der Waals surface area (Å²) in [5, 5.41) is 0. The average Bonchev–Trinajstić information content (AvgIpc) is 2.42. The number of nitrogens with one attached hydrogen (secondary N) is 1. The van der Waals surface area contributed by atoms with Gasteiger partial charge in [-0.3, -0.25) is 11.3 Å². The predicted octanol–water partition coefficient (Wildman–Crippen LogP) is 3.62. The lowest BCUT2D eigenvalue weighted by Gasteiger charge is -2.35. The first-order valence-electron chi connectivity index (χ1n) is 6.74. The molecule has 3 N–H and O–H groups in total. The van der Waals surface area contributed by atoms with Crippen LogP contribution in [0.5, 0.6) is 0 Å². The SMILES string of the molecule is Cc1ccc(C(NN)C(C)(C)c2ccc(F)cc2)cc1. The van der Waals surface area contributed by atoms with Crippen LogP contribution in [0.4, 0.5) is 4.39 Å². The molecule has 0 aliphatic heterocycles. The second kappa shape index (κ2) is 5.73. The van der Waals surface area contributed by atoms with E-state index in [9.17, 15) is 4.39 Å². The van der Waals surface area contributed by atoms with E-state index in [1.54, 1.807) is 0 Å². The average molecular weight is 272 g/mol. The van der Waals surface area contributed by atoms with E-state index in [4.69, 9.17) is 5.84 Å². The Morgan fingerprint density at radius 1 is 1.00 bits per heavy atom. The number of aryl methyl sites for hydroxylation is 1. The third-order valence-electron chi connectivity index (χ3n) is 3.89. The lowest BCUT2D eigenvalue weighted by Crippen LogP contribution is -2.41. The van der Waals surface area contributed by atoms with Gasteiger partial charge in [0.25, 0.3) is 0 Å². The van der Waals surface area contributed by atoms with Crippen LogP contribution in [-0.4, -0.2) is 0 Å². The van der Waals surface area contributed by atoms with Gasteiger partial charge in [-0.25, -0.2) is 4.39 Å². The van der Waals surface area contributed by atoms with Crippen LogP contribution in [0.2, 0.25) is 0 Å². The second-order valence-electron chi connectivity index (χ2n) is 5.74. The minimum Gasteiger partial charge on any atom is -0.271 e. The molecule has 0 aromatic heterocycles. The second-order valence-corrected chi connectivity index (χ2v) is 5.74. The number of nitrogens with two attached hydrogens (primary N) is 1. The summed E-state index contributed by atoms with van der Waals surface area (Å²) in [4.78, 5) is 0. The fourth-order valence-corrected chi connectivity index (χ4v) is 2.53. The summed E-state index contributed by atoms with van der Waals surface area (Å²) in [6.45, 7) is 6.26. The molecule has 0 aliphatic carbocycles. The Balaban J connectivity index is 2.38. The van der Waals surface area contributed by atoms with Gasteiger partial charge in [0.05, 0.1) is 6.04 Å². The van der Waals surface area contributed by atoms with Crippen LogP contribution in [0.15, 0.2) is 48.5 Å². The van der Waals surface area contributed by atoms with Gasteiger partial charge in [0, 0.05) is 5.41 Å². The molecule has 0 spiro atoms. The van der Waals surface area contributed by atoms with Gasteiger partial charge in [-0.2, -0.15) is 0 Å². The lowest BCUT2D eigenvalue weighted by atomic mass is 9.75. The van der Waals surface area contributed by atoms with Gasteiger partial charge in [0.2, 0.25) is 0 Å². The molecule has 0 amide bonds. The number of rotatable bonds is 4. The zero-order chi connectivity index (χ0) is 14.8. The zero-order valence-electron chi connectivity index (χ0n) is 12.2. The van der Waals surface area contributed by atoms with Crippen molar-refractivity contribution in [2.45, 2.75) is 32.2 Å². The van der Waals surface area contributed by atoms with Gasteiger partial charge in [0.15, 0.2) is 0 Å². The van der Waals surface area contributed by atoms with Crippen LogP contribution >= 0.6 is 0 Å². The predicted molar refractivity (Wildman–Crippen MR) is 80.7 cm³/mol. The van der Waals surface area contributed by atoms with E-state index in [1.807, 2.05) is 12.1 Å². The lowest BCUT2D eigenvalue weighted by molar-refractivity contribution is 0.352. The maximum Gasteiger partial charge on any atom is 0.123 e. The molecular formula is C17H21FN2. The topological polar surface area (TPSA) is 38.0 Å². The highest BCUT2D eigenvalue weighted by Crippen LogP contribution is 2.36. The summed E-state index contributed by atoms with van der Waals surface area (Å²) in [6.07, 6.45) is 0. The maximum absolute atomic E-state index is 13.1. The van der Waals surface area contributed by atoms with E-state index in [2.05, 4.69) is 50.5 Å². The third kappa shape index (κ3) is 2.89. The van der Waals surface area contributed by atoms with Crippen LogP contribution in [-0.2, 0) is 5.41 Å². The molecule has 0 aliphatic rings. The molecule has 0 bridgehead atoms. The fraction of sp³-hybridized carbons (Fsp3) is 0.294. The molecule has 2 nitrogen and oxygen atoms in total. The Morgan fingerprint density at radius 3 is 2.05 bits per heavy atom. The molecule has 0 saturated carbocycles. The Bertz CT molecular complexity index is 559. The van der Waals surface area contributed by atoms with Gasteiger partial charge in [-0.05, 0) is 30.2 Å². The number of hydrazine groups is 1. The molecule has 20 heavy (non-hydrogen) atoms. The Hall–Kier alpha value is -1.71. The van der Waals surface area contributed by atoms with Crippen molar-refractivity contribution < 1.29 is 4.39 Å². The van der Waals surface area contributed by atoms with Gasteiger partial charge in [0.1, 0.15) is 5.82 Å². The van der Waals surface area contributed by atoms with Crippen molar-refractivity contribution in [1.82, 2.24) is 5.43 Å². The van der Waals surface area contributed by atoms with Crippen molar-refractivity contribution >= 4 is 0 Å². The van der Waals surface area contributed by atoms with Crippen molar-refractivity contribution in [3.63, 3.8) is 0 Å². The van der Waals surface area contributed by atoms with Crippen LogP contribution in [0.25, 0.3) is 0 Å². The first-order chi connectivity index (χ1) is 9.45. The monoisotopic (exact) mass is 272 g/mol. The number of hydrogen-bond acceptors (Lipinski definition) is 2. The van der Waals surface area contributed by atoms with E-state index in [0.717, 1.165) is 11.1 Å². The fourth-order valence-electron chi connectivity index (χ4n) is 2.53. The van der Waals surface area contributed by atoms with Crippen LogP contribution in [0.1, 0.15) is 36.6 Å². The summed E-state index contributed by atoms with van der Waals surface area (Å²) in [5.41, 5.74) is 6.02. The molecule has 0 saturated heterocycles. The highest BCUT2D eigenvalue weighted by atomic mass is 19.1. The largest absolute Gasteiger partial charge is 0.271 e. The highest BCUT2D eigenvalue weighted by Gasteiger charge is 2.31. The highest BCUT2D eigenvalue weighted by molar-refractivity contribution is 5.33. The van der Waals surface area contributed by atoms with Gasteiger partial charge in [-0.1, -0.05) is 55.8 Å². The number of benzene rings is 2. The first-order valence-corrected chi connectivity index (χ1v) is 6.74. The summed E-state index contributed by atoms with van der Waals surface area (Å²) >= 11 is 0. The van der Waals surface area contributed by atoms with Crippen molar-refractivity contribution in [1.29, 1.82) is 0 Å². The molecule has 0 heterocycles. The van der Waals surface area contributed by atoms with Gasteiger partial charge < -0.3 is 0 Å². The van der Waals surface area contributed by atoms with E-state index in [1.165, 1.54) is 17.7 Å². The van der Waals surface area contributed by atoms with E-state index < -0.39 is 0 Å². The zero-order valence-corrected chi connectivity index (χ0v) is 12.2. The summed E-state index contributed by atoms with van der Waals surface area (Å²) in [6, 6.07) is 14.8. The summed E-state index contributed by atoms with van der Waals surface area (Å²) in [5.74, 6) is 5.55. The molecule has 1 unspecified atom stereocenters. The van der Waals surface area contributed by atoms with E-state index in [0.29, 0.717) is 0 Å². The molecule has 1 atom stereocenters. The summed E-state index contributed by atoms with van der Waals surface area (Å²) in [7, 11) is 0. The molecular weight excluding hydrogens is 251 g/mol. The first kappa shape index (κ1) is 14.7. The molecule has 0 radical (unpaired) electrons. The normalized spacial score (nSPS) is 13.2. The molecule has 106 valence electrons. The van der Waals surface area contributed by atoms with Crippen LogP contribution in [0, 0.1) is 12.7 Å². The van der Waals surface area contributed by atoms with Gasteiger partial charge in [-0.15, -0.1) is 0 Å². The third-order valence-corrected chi connectivity index (χ3v) is 3.89. The Kier molecular flexibility index (Phi) is 4.21. The molecule has 2 aromatic rings. The van der Waals surface area contributed by atoms with Crippen LogP contribution < -0.4 is 11.3 Å².